The molecule has 0 atom stereocenters. The normalized spacial score (nSPS) is 11.2. The van der Waals surface area contributed by atoms with Crippen molar-refractivity contribution < 1.29 is 17.6 Å². The van der Waals surface area contributed by atoms with Crippen LogP contribution in [0.1, 0.15) is 22.5 Å². The topological polar surface area (TPSA) is 92.3 Å². The van der Waals surface area contributed by atoms with Crippen molar-refractivity contribution in [2.75, 3.05) is 0 Å². The standard InChI is InChI=1S/C20H18N2O4S/c21-12-16-6-8-20(9-7-16)27(23,24)22-13-17-3-1-4-18(11-17)14-25-15-19-5-2-10-26-19/h1-11,22H,13-15H2. The van der Waals surface area contributed by atoms with Gasteiger partial charge in [-0.25, -0.2) is 13.1 Å². The molecule has 3 rings (SSSR count). The Kier molecular flexibility index (Phi) is 6.04. The average Bonchev–Trinajstić information content (AvgIpc) is 3.20. The predicted molar refractivity (Wildman–Crippen MR) is 98.8 cm³/mol. The molecule has 0 bridgehead atoms. The zero-order chi connectivity index (χ0) is 19.1. The summed E-state index contributed by atoms with van der Waals surface area (Å²) >= 11 is 0. The number of rotatable bonds is 8. The molecule has 7 heteroatoms. The highest BCUT2D eigenvalue weighted by Gasteiger charge is 2.13. The Morgan fingerprint density at radius 1 is 1.00 bits per heavy atom. The van der Waals surface area contributed by atoms with E-state index in [4.69, 9.17) is 14.4 Å². The van der Waals surface area contributed by atoms with Crippen LogP contribution >= 0.6 is 0 Å². The van der Waals surface area contributed by atoms with Crippen molar-refractivity contribution in [2.24, 2.45) is 0 Å². The maximum atomic E-state index is 12.4. The summed E-state index contributed by atoms with van der Waals surface area (Å²) in [6.45, 7) is 0.938. The summed E-state index contributed by atoms with van der Waals surface area (Å²) in [4.78, 5) is 0.124. The van der Waals surface area contributed by atoms with Crippen molar-refractivity contribution in [3.63, 3.8) is 0 Å². The molecule has 0 aliphatic heterocycles. The number of benzene rings is 2. The molecule has 0 saturated heterocycles. The van der Waals surface area contributed by atoms with Crippen molar-refractivity contribution in [1.82, 2.24) is 4.72 Å². The summed E-state index contributed by atoms with van der Waals surface area (Å²) in [5.41, 5.74) is 2.18. The summed E-state index contributed by atoms with van der Waals surface area (Å²) in [6, 6.07) is 18.9. The molecule has 27 heavy (non-hydrogen) atoms. The summed E-state index contributed by atoms with van der Waals surface area (Å²) in [5, 5.41) is 8.79. The van der Waals surface area contributed by atoms with Crippen LogP contribution in [0.5, 0.6) is 0 Å². The highest BCUT2D eigenvalue weighted by atomic mass is 32.2. The lowest BCUT2D eigenvalue weighted by molar-refractivity contribution is 0.0929. The number of hydrogen-bond acceptors (Lipinski definition) is 5. The maximum absolute atomic E-state index is 12.4. The minimum absolute atomic E-state index is 0.124. The molecule has 0 aliphatic carbocycles. The summed E-state index contributed by atoms with van der Waals surface area (Å²) in [5.74, 6) is 0.751. The van der Waals surface area contributed by atoms with E-state index in [2.05, 4.69) is 4.72 Å². The highest BCUT2D eigenvalue weighted by molar-refractivity contribution is 7.89. The summed E-state index contributed by atoms with van der Waals surface area (Å²) in [6.07, 6.45) is 1.60. The molecule has 6 nitrogen and oxygen atoms in total. The lowest BCUT2D eigenvalue weighted by Crippen LogP contribution is -2.23. The first-order valence-electron chi connectivity index (χ1n) is 8.24. The quantitative estimate of drug-likeness (QED) is 0.645. The predicted octanol–water partition coefficient (Wildman–Crippen LogP) is 3.35. The first-order valence-corrected chi connectivity index (χ1v) is 9.73. The first-order chi connectivity index (χ1) is 13.1. The zero-order valence-electron chi connectivity index (χ0n) is 14.5. The van der Waals surface area contributed by atoms with E-state index in [0.717, 1.165) is 16.9 Å². The van der Waals surface area contributed by atoms with Gasteiger partial charge in [0.25, 0.3) is 0 Å². The number of ether oxygens (including phenoxy) is 1. The lowest BCUT2D eigenvalue weighted by atomic mass is 10.1. The van der Waals surface area contributed by atoms with E-state index in [1.807, 2.05) is 36.4 Å². The molecular weight excluding hydrogens is 364 g/mol. The SMILES string of the molecule is N#Cc1ccc(S(=O)(=O)NCc2cccc(COCc3ccco3)c2)cc1. The van der Waals surface area contributed by atoms with Gasteiger partial charge < -0.3 is 9.15 Å². The van der Waals surface area contributed by atoms with Crippen LogP contribution in [-0.2, 0) is 34.5 Å². The number of sulfonamides is 1. The monoisotopic (exact) mass is 382 g/mol. The van der Waals surface area contributed by atoms with Crippen molar-refractivity contribution >= 4 is 10.0 Å². The van der Waals surface area contributed by atoms with Gasteiger partial charge in [0.15, 0.2) is 0 Å². The molecule has 1 heterocycles. The number of nitriles is 1. The van der Waals surface area contributed by atoms with E-state index >= 15 is 0 Å². The van der Waals surface area contributed by atoms with Gasteiger partial charge in [-0.2, -0.15) is 5.26 Å². The van der Waals surface area contributed by atoms with E-state index in [1.165, 1.54) is 24.3 Å². The maximum Gasteiger partial charge on any atom is 0.240 e. The van der Waals surface area contributed by atoms with Gasteiger partial charge in [-0.15, -0.1) is 0 Å². The minimum atomic E-state index is -3.65. The van der Waals surface area contributed by atoms with Crippen molar-refractivity contribution in [3.8, 4) is 6.07 Å². The smallest absolute Gasteiger partial charge is 0.240 e. The second-order valence-corrected chi connectivity index (χ2v) is 7.62. The van der Waals surface area contributed by atoms with E-state index in [9.17, 15) is 8.42 Å². The molecule has 0 spiro atoms. The second kappa shape index (κ2) is 8.64. The van der Waals surface area contributed by atoms with Gasteiger partial charge in [-0.05, 0) is 47.5 Å². The van der Waals surface area contributed by atoms with Crippen LogP contribution < -0.4 is 4.72 Å². The fraction of sp³-hybridized carbons (Fsp3) is 0.150. The Balaban J connectivity index is 1.57. The average molecular weight is 382 g/mol. The number of nitrogens with zero attached hydrogens (tertiary/aromatic N) is 1. The minimum Gasteiger partial charge on any atom is -0.467 e. The first kappa shape index (κ1) is 18.9. The molecule has 1 aromatic heterocycles. The van der Waals surface area contributed by atoms with Gasteiger partial charge in [0, 0.05) is 6.54 Å². The molecular formula is C20H18N2O4S. The van der Waals surface area contributed by atoms with Crippen LogP contribution in [0, 0.1) is 11.3 Å². The third-order valence-corrected chi connectivity index (χ3v) is 5.26. The number of furan rings is 1. The van der Waals surface area contributed by atoms with E-state index in [-0.39, 0.29) is 11.4 Å². The third kappa shape index (κ3) is 5.28. The largest absolute Gasteiger partial charge is 0.467 e. The van der Waals surface area contributed by atoms with Gasteiger partial charge in [-0.1, -0.05) is 24.3 Å². The molecule has 0 unspecified atom stereocenters. The van der Waals surface area contributed by atoms with Crippen LogP contribution in [0.4, 0.5) is 0 Å². The molecule has 1 N–H and O–H groups in total. The molecule has 0 fully saturated rings. The Bertz CT molecular complexity index is 1020. The van der Waals surface area contributed by atoms with E-state index in [1.54, 1.807) is 12.3 Å². The van der Waals surface area contributed by atoms with Gasteiger partial charge in [-0.3, -0.25) is 0 Å². The van der Waals surface area contributed by atoms with Crippen molar-refractivity contribution in [2.45, 2.75) is 24.7 Å². The molecule has 0 radical (unpaired) electrons. The van der Waals surface area contributed by atoms with Crippen molar-refractivity contribution in [1.29, 1.82) is 5.26 Å². The van der Waals surface area contributed by atoms with Crippen LogP contribution in [0.2, 0.25) is 0 Å². The van der Waals surface area contributed by atoms with Crippen LogP contribution in [-0.4, -0.2) is 8.42 Å². The molecule has 0 amide bonds. The number of nitrogens with one attached hydrogen (secondary N) is 1. The van der Waals surface area contributed by atoms with Gasteiger partial charge >= 0.3 is 0 Å². The third-order valence-electron chi connectivity index (χ3n) is 3.84. The molecule has 138 valence electrons. The van der Waals surface area contributed by atoms with E-state index in [0.29, 0.717) is 18.8 Å². The fourth-order valence-electron chi connectivity index (χ4n) is 2.46. The van der Waals surface area contributed by atoms with Crippen LogP contribution in [0.3, 0.4) is 0 Å². The van der Waals surface area contributed by atoms with Gasteiger partial charge in [0.1, 0.15) is 12.4 Å². The fourth-order valence-corrected chi connectivity index (χ4v) is 3.48. The number of hydrogen-bond donors (Lipinski definition) is 1. The summed E-state index contributed by atoms with van der Waals surface area (Å²) in [7, 11) is -3.65. The Morgan fingerprint density at radius 3 is 2.48 bits per heavy atom. The van der Waals surface area contributed by atoms with Gasteiger partial charge in [0.05, 0.1) is 29.4 Å². The molecule has 0 saturated carbocycles. The zero-order valence-corrected chi connectivity index (χ0v) is 15.3. The van der Waals surface area contributed by atoms with Crippen LogP contribution in [0.25, 0.3) is 0 Å². The second-order valence-electron chi connectivity index (χ2n) is 5.85. The molecule has 3 aromatic rings. The Hall–Kier alpha value is -2.92. The lowest BCUT2D eigenvalue weighted by Gasteiger charge is -2.09. The highest BCUT2D eigenvalue weighted by Crippen LogP contribution is 2.13. The Labute approximate surface area is 158 Å². The van der Waals surface area contributed by atoms with Gasteiger partial charge in [0.2, 0.25) is 10.0 Å². The summed E-state index contributed by atoms with van der Waals surface area (Å²) < 4.78 is 38.1. The van der Waals surface area contributed by atoms with E-state index < -0.39 is 10.0 Å². The Morgan fingerprint density at radius 2 is 1.78 bits per heavy atom. The van der Waals surface area contributed by atoms with Crippen LogP contribution in [0.15, 0.2) is 76.2 Å². The van der Waals surface area contributed by atoms with Crippen molar-refractivity contribution in [3.05, 3.63) is 89.4 Å². The molecule has 0 aliphatic rings. The molecule has 2 aromatic carbocycles.